The van der Waals surface area contributed by atoms with E-state index in [0.717, 1.165) is 25.3 Å². The van der Waals surface area contributed by atoms with Gasteiger partial charge in [-0.25, -0.2) is 0 Å². The molecule has 0 fully saturated rings. The van der Waals surface area contributed by atoms with Gasteiger partial charge in [0.2, 0.25) is 0 Å². The van der Waals surface area contributed by atoms with Crippen LogP contribution in [0.1, 0.15) is 30.7 Å². The predicted octanol–water partition coefficient (Wildman–Crippen LogP) is 3.30. The monoisotopic (exact) mass is 257 g/mol. The molecule has 0 aliphatic rings. The lowest BCUT2D eigenvalue weighted by Gasteiger charge is -2.10. The van der Waals surface area contributed by atoms with Gasteiger partial charge in [0, 0.05) is 24.8 Å². The Kier molecular flexibility index (Phi) is 4.38. The summed E-state index contributed by atoms with van der Waals surface area (Å²) in [4.78, 5) is 0. The Morgan fingerprint density at radius 3 is 2.58 bits per heavy atom. The Bertz CT molecular complexity index is 555. The van der Waals surface area contributed by atoms with Crippen LogP contribution in [0.25, 0.3) is 11.1 Å². The number of hydrogen-bond donors (Lipinski definition) is 1. The number of aromatic nitrogens is 2. The van der Waals surface area contributed by atoms with Crippen molar-refractivity contribution in [3.05, 3.63) is 41.2 Å². The SMILES string of the molecule is CCNCc1ccc(C)cc1-c1cn(CC)nc1C. The average Bonchev–Trinajstić information content (AvgIpc) is 2.78. The van der Waals surface area contributed by atoms with Crippen LogP contribution >= 0.6 is 0 Å². The van der Waals surface area contributed by atoms with E-state index in [1.54, 1.807) is 0 Å². The summed E-state index contributed by atoms with van der Waals surface area (Å²) >= 11 is 0. The van der Waals surface area contributed by atoms with Crippen LogP contribution in [0, 0.1) is 13.8 Å². The molecule has 0 aliphatic heterocycles. The van der Waals surface area contributed by atoms with Crippen LogP contribution in [0.5, 0.6) is 0 Å². The normalized spacial score (nSPS) is 10.9. The van der Waals surface area contributed by atoms with E-state index in [1.807, 2.05) is 4.68 Å². The van der Waals surface area contributed by atoms with Crippen LogP contribution in [0.2, 0.25) is 0 Å². The van der Waals surface area contributed by atoms with Crippen molar-refractivity contribution in [2.75, 3.05) is 6.54 Å². The molecular formula is C16H23N3. The molecule has 1 heterocycles. The molecule has 0 saturated heterocycles. The zero-order valence-electron chi connectivity index (χ0n) is 12.3. The van der Waals surface area contributed by atoms with Gasteiger partial charge in [0.1, 0.15) is 0 Å². The molecule has 2 rings (SSSR count). The van der Waals surface area contributed by atoms with Gasteiger partial charge in [-0.05, 0) is 38.4 Å². The zero-order valence-corrected chi connectivity index (χ0v) is 12.3. The summed E-state index contributed by atoms with van der Waals surface area (Å²) in [6.45, 7) is 11.3. The first kappa shape index (κ1) is 13.8. The Hall–Kier alpha value is -1.61. The molecule has 0 saturated carbocycles. The van der Waals surface area contributed by atoms with E-state index in [9.17, 15) is 0 Å². The second-order valence-electron chi connectivity index (χ2n) is 4.92. The average molecular weight is 257 g/mol. The van der Waals surface area contributed by atoms with Gasteiger partial charge in [-0.1, -0.05) is 30.7 Å². The molecule has 2 aromatic rings. The van der Waals surface area contributed by atoms with E-state index in [4.69, 9.17) is 0 Å². The summed E-state index contributed by atoms with van der Waals surface area (Å²) in [6, 6.07) is 6.66. The van der Waals surface area contributed by atoms with Crippen molar-refractivity contribution < 1.29 is 0 Å². The molecular weight excluding hydrogens is 234 g/mol. The predicted molar refractivity (Wildman–Crippen MR) is 80.2 cm³/mol. The molecule has 19 heavy (non-hydrogen) atoms. The summed E-state index contributed by atoms with van der Waals surface area (Å²) in [7, 11) is 0. The summed E-state index contributed by atoms with van der Waals surface area (Å²) in [5.41, 5.74) is 6.28. The van der Waals surface area contributed by atoms with Gasteiger partial charge in [0.25, 0.3) is 0 Å². The van der Waals surface area contributed by atoms with Crippen molar-refractivity contribution in [3.63, 3.8) is 0 Å². The van der Waals surface area contributed by atoms with Crippen LogP contribution in [-0.2, 0) is 13.1 Å². The Morgan fingerprint density at radius 1 is 1.16 bits per heavy atom. The second-order valence-corrected chi connectivity index (χ2v) is 4.92. The molecule has 0 spiro atoms. The molecule has 1 aromatic carbocycles. The maximum absolute atomic E-state index is 4.55. The molecule has 1 aromatic heterocycles. The molecule has 0 atom stereocenters. The molecule has 0 amide bonds. The van der Waals surface area contributed by atoms with E-state index in [1.165, 1.54) is 22.3 Å². The quantitative estimate of drug-likeness (QED) is 0.890. The first-order valence-electron chi connectivity index (χ1n) is 7.00. The highest BCUT2D eigenvalue weighted by molar-refractivity contribution is 5.69. The molecule has 3 heteroatoms. The van der Waals surface area contributed by atoms with Crippen LogP contribution in [0.3, 0.4) is 0 Å². The van der Waals surface area contributed by atoms with E-state index < -0.39 is 0 Å². The molecule has 1 N–H and O–H groups in total. The highest BCUT2D eigenvalue weighted by Gasteiger charge is 2.11. The number of aryl methyl sites for hydroxylation is 3. The zero-order chi connectivity index (χ0) is 13.8. The third-order valence-electron chi connectivity index (χ3n) is 3.39. The number of nitrogens with one attached hydrogen (secondary N) is 1. The third-order valence-corrected chi connectivity index (χ3v) is 3.39. The number of rotatable bonds is 5. The third kappa shape index (κ3) is 3.04. The van der Waals surface area contributed by atoms with Crippen molar-refractivity contribution in [1.82, 2.24) is 15.1 Å². The summed E-state index contributed by atoms with van der Waals surface area (Å²) in [6.07, 6.45) is 2.15. The summed E-state index contributed by atoms with van der Waals surface area (Å²) in [5, 5.41) is 7.96. The molecule has 3 nitrogen and oxygen atoms in total. The highest BCUT2D eigenvalue weighted by atomic mass is 15.3. The van der Waals surface area contributed by atoms with Gasteiger partial charge < -0.3 is 5.32 Å². The molecule has 0 aliphatic carbocycles. The molecule has 0 unspecified atom stereocenters. The fourth-order valence-corrected chi connectivity index (χ4v) is 2.30. The van der Waals surface area contributed by atoms with Crippen molar-refractivity contribution in [2.24, 2.45) is 0 Å². The molecule has 0 bridgehead atoms. The standard InChI is InChI=1S/C16H23N3/c1-5-17-10-14-8-7-12(3)9-15(14)16-11-19(6-2)18-13(16)4/h7-9,11,17H,5-6,10H2,1-4H3. The number of nitrogens with zero attached hydrogens (tertiary/aromatic N) is 2. The van der Waals surface area contributed by atoms with Gasteiger partial charge in [-0.2, -0.15) is 5.10 Å². The Labute approximate surface area is 115 Å². The largest absolute Gasteiger partial charge is 0.313 e. The first-order chi connectivity index (χ1) is 9.15. The van der Waals surface area contributed by atoms with E-state index in [-0.39, 0.29) is 0 Å². The lowest BCUT2D eigenvalue weighted by Crippen LogP contribution is -2.12. The van der Waals surface area contributed by atoms with Crippen molar-refractivity contribution in [2.45, 2.75) is 40.8 Å². The number of hydrogen-bond acceptors (Lipinski definition) is 2. The van der Waals surface area contributed by atoms with E-state index in [0.29, 0.717) is 0 Å². The minimum absolute atomic E-state index is 0.906. The van der Waals surface area contributed by atoms with Crippen LogP contribution in [0.4, 0.5) is 0 Å². The van der Waals surface area contributed by atoms with Gasteiger partial charge in [-0.15, -0.1) is 0 Å². The Balaban J connectivity index is 2.46. The van der Waals surface area contributed by atoms with Gasteiger partial charge in [0.05, 0.1) is 5.69 Å². The smallest absolute Gasteiger partial charge is 0.0672 e. The maximum Gasteiger partial charge on any atom is 0.0672 e. The topological polar surface area (TPSA) is 29.9 Å². The van der Waals surface area contributed by atoms with Crippen LogP contribution < -0.4 is 5.32 Å². The van der Waals surface area contributed by atoms with Crippen LogP contribution in [0.15, 0.2) is 24.4 Å². The fourth-order valence-electron chi connectivity index (χ4n) is 2.30. The second kappa shape index (κ2) is 6.02. The fraction of sp³-hybridized carbons (Fsp3) is 0.438. The molecule has 0 radical (unpaired) electrons. The van der Waals surface area contributed by atoms with E-state index in [2.05, 4.69) is 62.5 Å². The van der Waals surface area contributed by atoms with Gasteiger partial charge in [-0.3, -0.25) is 4.68 Å². The van der Waals surface area contributed by atoms with Gasteiger partial charge >= 0.3 is 0 Å². The lowest BCUT2D eigenvalue weighted by atomic mass is 9.98. The summed E-state index contributed by atoms with van der Waals surface area (Å²) in [5.74, 6) is 0. The van der Waals surface area contributed by atoms with Crippen molar-refractivity contribution >= 4 is 0 Å². The minimum atomic E-state index is 0.906. The van der Waals surface area contributed by atoms with Crippen molar-refractivity contribution in [1.29, 1.82) is 0 Å². The first-order valence-corrected chi connectivity index (χ1v) is 7.00. The summed E-state index contributed by atoms with van der Waals surface area (Å²) < 4.78 is 2.00. The lowest BCUT2D eigenvalue weighted by molar-refractivity contribution is 0.653. The maximum atomic E-state index is 4.55. The Morgan fingerprint density at radius 2 is 1.95 bits per heavy atom. The highest BCUT2D eigenvalue weighted by Crippen LogP contribution is 2.27. The van der Waals surface area contributed by atoms with Crippen LogP contribution in [-0.4, -0.2) is 16.3 Å². The van der Waals surface area contributed by atoms with Gasteiger partial charge in [0.15, 0.2) is 0 Å². The molecule has 102 valence electrons. The van der Waals surface area contributed by atoms with E-state index >= 15 is 0 Å². The van der Waals surface area contributed by atoms with Crippen molar-refractivity contribution in [3.8, 4) is 11.1 Å². The number of benzene rings is 1. The minimum Gasteiger partial charge on any atom is -0.313 e.